The summed E-state index contributed by atoms with van der Waals surface area (Å²) in [6.45, 7) is 6.48. The summed E-state index contributed by atoms with van der Waals surface area (Å²) in [5.74, 6) is 0.781. The molecule has 1 aliphatic carbocycles. The summed E-state index contributed by atoms with van der Waals surface area (Å²) in [4.78, 5) is 21.8. The molecule has 1 N–H and O–H groups in total. The largest absolute Gasteiger partial charge is 0.309 e. The van der Waals surface area contributed by atoms with Crippen LogP contribution in [0.3, 0.4) is 0 Å². The summed E-state index contributed by atoms with van der Waals surface area (Å²) in [6, 6.07) is 0.137. The molecule has 0 amide bonds. The molecule has 1 aliphatic rings. The third-order valence-electron chi connectivity index (χ3n) is 3.98. The highest BCUT2D eigenvalue weighted by atomic mass is 16.1. The summed E-state index contributed by atoms with van der Waals surface area (Å²) in [7, 11) is 3.99. The molecule has 4 nitrogen and oxygen atoms in total. The zero-order valence-corrected chi connectivity index (χ0v) is 12.0. The molecule has 0 spiro atoms. The zero-order chi connectivity index (χ0) is 13.5. The lowest BCUT2D eigenvalue weighted by atomic mass is 9.76. The number of hydrogen-bond donors (Lipinski definition) is 1. The van der Waals surface area contributed by atoms with Crippen LogP contribution in [0, 0.1) is 5.41 Å². The van der Waals surface area contributed by atoms with Crippen molar-refractivity contribution in [3.63, 3.8) is 0 Å². The van der Waals surface area contributed by atoms with Crippen molar-refractivity contribution in [2.24, 2.45) is 5.41 Å². The Morgan fingerprint density at radius 3 is 2.67 bits per heavy atom. The molecule has 4 heteroatoms. The zero-order valence-electron chi connectivity index (χ0n) is 12.0. The van der Waals surface area contributed by atoms with Crippen LogP contribution in [0.15, 0.2) is 4.79 Å². The molecule has 0 saturated heterocycles. The van der Waals surface area contributed by atoms with Crippen molar-refractivity contribution in [3.8, 4) is 0 Å². The normalized spacial score (nSPS) is 19.7. The number of aromatic amines is 1. The van der Waals surface area contributed by atoms with Crippen LogP contribution in [0.25, 0.3) is 0 Å². The molecule has 100 valence electrons. The summed E-state index contributed by atoms with van der Waals surface area (Å²) in [5, 5.41) is 0. The first-order valence-corrected chi connectivity index (χ1v) is 6.58. The molecule has 0 fully saturated rings. The van der Waals surface area contributed by atoms with Gasteiger partial charge >= 0.3 is 0 Å². The third-order valence-corrected chi connectivity index (χ3v) is 3.98. The Bertz CT molecular complexity index is 502. The van der Waals surface area contributed by atoms with Crippen LogP contribution in [0.5, 0.6) is 0 Å². The monoisotopic (exact) mass is 249 g/mol. The van der Waals surface area contributed by atoms with Crippen molar-refractivity contribution in [2.45, 2.75) is 46.1 Å². The summed E-state index contributed by atoms with van der Waals surface area (Å²) in [5.41, 5.74) is 2.16. The fourth-order valence-corrected chi connectivity index (χ4v) is 2.42. The highest BCUT2D eigenvalue weighted by Gasteiger charge is 2.29. The van der Waals surface area contributed by atoms with Gasteiger partial charge in [0.2, 0.25) is 0 Å². The van der Waals surface area contributed by atoms with Gasteiger partial charge in [-0.05, 0) is 45.7 Å². The maximum atomic E-state index is 12.2. The SMILES string of the molecule is C[C@H](c1nc2c(c(=O)[nH]1)CC(C)(C)CC2)N(C)C. The Hall–Kier alpha value is -1.16. The van der Waals surface area contributed by atoms with Crippen molar-refractivity contribution in [2.75, 3.05) is 14.1 Å². The van der Waals surface area contributed by atoms with Gasteiger partial charge in [-0.2, -0.15) is 0 Å². The van der Waals surface area contributed by atoms with Gasteiger partial charge in [-0.25, -0.2) is 4.98 Å². The molecule has 18 heavy (non-hydrogen) atoms. The predicted molar refractivity (Wildman–Crippen MR) is 72.8 cm³/mol. The molecule has 1 aromatic rings. The van der Waals surface area contributed by atoms with Crippen LogP contribution in [0.1, 0.15) is 50.3 Å². The van der Waals surface area contributed by atoms with Crippen molar-refractivity contribution in [1.82, 2.24) is 14.9 Å². The number of aromatic nitrogens is 2. The lowest BCUT2D eigenvalue weighted by molar-refractivity contribution is 0.295. The third kappa shape index (κ3) is 2.48. The highest BCUT2D eigenvalue weighted by Crippen LogP contribution is 2.32. The average molecular weight is 249 g/mol. The second kappa shape index (κ2) is 4.50. The number of hydrogen-bond acceptors (Lipinski definition) is 3. The number of nitrogens with zero attached hydrogens (tertiary/aromatic N) is 2. The van der Waals surface area contributed by atoms with Gasteiger partial charge in [0.05, 0.1) is 11.7 Å². The first-order valence-electron chi connectivity index (χ1n) is 6.58. The second-order valence-corrected chi connectivity index (χ2v) is 6.36. The maximum Gasteiger partial charge on any atom is 0.254 e. The molecule has 0 aliphatic heterocycles. The van der Waals surface area contributed by atoms with Crippen LogP contribution in [-0.4, -0.2) is 29.0 Å². The first-order chi connectivity index (χ1) is 8.30. The van der Waals surface area contributed by atoms with Crippen LogP contribution in [-0.2, 0) is 12.8 Å². The fraction of sp³-hybridized carbons (Fsp3) is 0.714. The Morgan fingerprint density at radius 1 is 1.39 bits per heavy atom. The molecule has 0 saturated carbocycles. The van der Waals surface area contributed by atoms with Crippen molar-refractivity contribution in [1.29, 1.82) is 0 Å². The Kier molecular flexibility index (Phi) is 3.32. The molecule has 1 aromatic heterocycles. The van der Waals surface area contributed by atoms with E-state index in [1.54, 1.807) is 0 Å². The van der Waals surface area contributed by atoms with Gasteiger partial charge in [-0.3, -0.25) is 9.69 Å². The van der Waals surface area contributed by atoms with Gasteiger partial charge in [0.25, 0.3) is 5.56 Å². The van der Waals surface area contributed by atoms with E-state index in [0.717, 1.165) is 36.3 Å². The Labute approximate surface area is 108 Å². The van der Waals surface area contributed by atoms with Gasteiger partial charge in [0, 0.05) is 5.56 Å². The van der Waals surface area contributed by atoms with E-state index in [9.17, 15) is 4.79 Å². The van der Waals surface area contributed by atoms with E-state index in [4.69, 9.17) is 0 Å². The highest BCUT2D eigenvalue weighted by molar-refractivity contribution is 5.23. The second-order valence-electron chi connectivity index (χ2n) is 6.36. The minimum atomic E-state index is 0.0523. The molecule has 1 atom stereocenters. The number of nitrogens with one attached hydrogen (secondary N) is 1. The van der Waals surface area contributed by atoms with E-state index in [1.807, 2.05) is 14.1 Å². The van der Waals surface area contributed by atoms with Crippen molar-refractivity contribution >= 4 is 0 Å². The standard InChI is InChI=1S/C14H23N3O/c1-9(17(4)5)12-15-11-6-7-14(2,3)8-10(11)13(18)16-12/h9H,6-8H2,1-5H3,(H,15,16,18)/t9-/m1/s1. The Morgan fingerprint density at radius 2 is 2.06 bits per heavy atom. The van der Waals surface area contributed by atoms with Crippen LogP contribution >= 0.6 is 0 Å². The van der Waals surface area contributed by atoms with E-state index in [1.165, 1.54) is 0 Å². The van der Waals surface area contributed by atoms with E-state index in [0.29, 0.717) is 0 Å². The van der Waals surface area contributed by atoms with E-state index >= 15 is 0 Å². The van der Waals surface area contributed by atoms with E-state index < -0.39 is 0 Å². The fourth-order valence-electron chi connectivity index (χ4n) is 2.42. The topological polar surface area (TPSA) is 49.0 Å². The number of rotatable bonds is 2. The molecular weight excluding hydrogens is 226 g/mol. The van der Waals surface area contributed by atoms with Crippen molar-refractivity contribution < 1.29 is 0 Å². The predicted octanol–water partition coefficient (Wildman–Crippen LogP) is 1.91. The average Bonchev–Trinajstić information content (AvgIpc) is 2.28. The van der Waals surface area contributed by atoms with Gasteiger partial charge < -0.3 is 4.98 Å². The van der Waals surface area contributed by atoms with Crippen molar-refractivity contribution in [3.05, 3.63) is 27.4 Å². The van der Waals surface area contributed by atoms with Crippen LogP contribution in [0.4, 0.5) is 0 Å². The Balaban J connectivity index is 2.43. The first kappa shape index (κ1) is 13.3. The quantitative estimate of drug-likeness (QED) is 0.871. The lowest BCUT2D eigenvalue weighted by Crippen LogP contribution is -2.32. The summed E-state index contributed by atoms with van der Waals surface area (Å²) >= 11 is 0. The molecule has 0 bridgehead atoms. The molecular formula is C14H23N3O. The molecule has 0 radical (unpaired) electrons. The summed E-state index contributed by atoms with van der Waals surface area (Å²) in [6.07, 6.45) is 2.85. The molecule has 0 aromatic carbocycles. The van der Waals surface area contributed by atoms with E-state index in [2.05, 4.69) is 35.6 Å². The van der Waals surface area contributed by atoms with Gasteiger partial charge in [-0.15, -0.1) is 0 Å². The van der Waals surface area contributed by atoms with Crippen LogP contribution < -0.4 is 5.56 Å². The van der Waals surface area contributed by atoms with Gasteiger partial charge in [-0.1, -0.05) is 13.8 Å². The number of H-pyrrole nitrogens is 1. The van der Waals surface area contributed by atoms with Gasteiger partial charge in [0.15, 0.2) is 0 Å². The van der Waals surface area contributed by atoms with Gasteiger partial charge in [0.1, 0.15) is 5.82 Å². The lowest BCUT2D eigenvalue weighted by Gasteiger charge is -2.30. The smallest absolute Gasteiger partial charge is 0.254 e. The number of fused-ring (bicyclic) bond motifs is 1. The molecule has 0 unspecified atom stereocenters. The molecule has 1 heterocycles. The van der Waals surface area contributed by atoms with Crippen LogP contribution in [0.2, 0.25) is 0 Å². The molecule has 2 rings (SSSR count). The minimum absolute atomic E-state index is 0.0523. The minimum Gasteiger partial charge on any atom is -0.309 e. The maximum absolute atomic E-state index is 12.2. The van der Waals surface area contributed by atoms with E-state index in [-0.39, 0.29) is 17.0 Å². The number of aryl methyl sites for hydroxylation is 1. The summed E-state index contributed by atoms with van der Waals surface area (Å²) < 4.78 is 0.